The van der Waals surface area contributed by atoms with Gasteiger partial charge < -0.3 is 4.90 Å². The molecule has 1 aromatic rings. The third-order valence-electron chi connectivity index (χ3n) is 3.83. The van der Waals surface area contributed by atoms with Crippen LogP contribution in [-0.4, -0.2) is 40.0 Å². The van der Waals surface area contributed by atoms with Crippen molar-refractivity contribution >= 4 is 15.7 Å². The Balaban J connectivity index is 1.92. The number of hydrogen-bond acceptors (Lipinski definition) is 3. The summed E-state index contributed by atoms with van der Waals surface area (Å²) < 4.78 is 52.1. The molecule has 1 heterocycles. The zero-order chi connectivity index (χ0) is 16.2. The van der Waals surface area contributed by atoms with Crippen molar-refractivity contribution in [3.63, 3.8) is 0 Å². The summed E-state index contributed by atoms with van der Waals surface area (Å²) in [6.45, 7) is 2.47. The van der Waals surface area contributed by atoms with Crippen molar-refractivity contribution in [3.8, 4) is 0 Å². The van der Waals surface area contributed by atoms with Crippen LogP contribution in [0.25, 0.3) is 0 Å². The van der Waals surface area contributed by atoms with Crippen LogP contribution in [-0.2, 0) is 10.0 Å². The van der Waals surface area contributed by atoms with E-state index >= 15 is 0 Å². The monoisotopic (exact) mass is 332 g/mol. The topological polar surface area (TPSA) is 49.4 Å². The van der Waals surface area contributed by atoms with Crippen LogP contribution in [0.5, 0.6) is 0 Å². The lowest BCUT2D eigenvalue weighted by molar-refractivity contribution is 0.451. The average Bonchev–Trinajstić information content (AvgIpc) is 2.48. The van der Waals surface area contributed by atoms with Crippen molar-refractivity contribution in [2.45, 2.75) is 32.2 Å². The summed E-state index contributed by atoms with van der Waals surface area (Å²) in [5.41, 5.74) is 1.56. The quantitative estimate of drug-likeness (QED) is 0.870. The first kappa shape index (κ1) is 17.1. The van der Waals surface area contributed by atoms with Gasteiger partial charge in [0.05, 0.1) is 18.1 Å². The van der Waals surface area contributed by atoms with Crippen LogP contribution in [0, 0.1) is 12.7 Å². The Morgan fingerprint density at radius 3 is 2.64 bits per heavy atom. The summed E-state index contributed by atoms with van der Waals surface area (Å²) in [5.74, 6) is -0.441. The molecule has 0 saturated carbocycles. The second kappa shape index (κ2) is 7.37. The third-order valence-corrected chi connectivity index (χ3v) is 5.35. The highest BCUT2D eigenvalue weighted by Crippen LogP contribution is 2.24. The van der Waals surface area contributed by atoms with Gasteiger partial charge in [0.2, 0.25) is 10.0 Å². The fourth-order valence-electron chi connectivity index (χ4n) is 2.66. The highest BCUT2D eigenvalue weighted by atomic mass is 32.2. The summed E-state index contributed by atoms with van der Waals surface area (Å²) in [4.78, 5) is 1.94. The second-order valence-corrected chi connectivity index (χ2v) is 7.57. The van der Waals surface area contributed by atoms with Crippen LogP contribution in [0.15, 0.2) is 18.2 Å². The maximum atomic E-state index is 13.9. The minimum absolute atomic E-state index is 0.0165. The number of rotatable bonds is 6. The molecular formula is C15H22F2N2O2S. The van der Waals surface area contributed by atoms with Crippen molar-refractivity contribution in [1.29, 1.82) is 0 Å². The van der Waals surface area contributed by atoms with Crippen molar-refractivity contribution < 1.29 is 17.2 Å². The number of nitrogens with zero attached hydrogens (tertiary/aromatic N) is 1. The molecule has 1 aliphatic heterocycles. The van der Waals surface area contributed by atoms with Gasteiger partial charge in [-0.3, -0.25) is 4.39 Å². The van der Waals surface area contributed by atoms with Crippen molar-refractivity contribution in [1.82, 2.24) is 4.72 Å². The molecule has 2 rings (SSSR count). The van der Waals surface area contributed by atoms with Crippen molar-refractivity contribution in [3.05, 3.63) is 29.6 Å². The fourth-order valence-corrected chi connectivity index (χ4v) is 4.01. The molecule has 1 saturated heterocycles. The molecule has 0 bridgehead atoms. The summed E-state index contributed by atoms with van der Waals surface area (Å²) in [6, 6.07) is 4.83. The van der Waals surface area contributed by atoms with E-state index in [1.165, 1.54) is 6.07 Å². The highest BCUT2D eigenvalue weighted by molar-refractivity contribution is 7.89. The maximum Gasteiger partial charge on any atom is 0.211 e. The van der Waals surface area contributed by atoms with Gasteiger partial charge in [-0.05, 0) is 43.9 Å². The van der Waals surface area contributed by atoms with E-state index in [-0.39, 0.29) is 24.0 Å². The molecule has 1 aromatic carbocycles. The first-order valence-electron chi connectivity index (χ1n) is 7.48. The molecule has 1 N–H and O–H groups in total. The van der Waals surface area contributed by atoms with E-state index in [4.69, 9.17) is 0 Å². The molecule has 0 spiro atoms. The maximum absolute atomic E-state index is 13.9. The molecule has 0 atom stereocenters. The van der Waals surface area contributed by atoms with Crippen LogP contribution in [0.2, 0.25) is 0 Å². The molecule has 0 unspecified atom stereocenters. The van der Waals surface area contributed by atoms with Gasteiger partial charge in [0, 0.05) is 19.1 Å². The van der Waals surface area contributed by atoms with E-state index in [1.54, 1.807) is 12.1 Å². The van der Waals surface area contributed by atoms with Crippen LogP contribution < -0.4 is 9.62 Å². The Hall–Kier alpha value is -1.21. The summed E-state index contributed by atoms with van der Waals surface area (Å²) >= 11 is 0. The molecule has 0 radical (unpaired) electrons. The molecule has 22 heavy (non-hydrogen) atoms. The predicted molar refractivity (Wildman–Crippen MR) is 83.9 cm³/mol. The number of benzene rings is 1. The van der Waals surface area contributed by atoms with E-state index in [0.717, 1.165) is 5.56 Å². The van der Waals surface area contributed by atoms with E-state index in [1.807, 2.05) is 11.8 Å². The Labute approximate surface area is 130 Å². The Morgan fingerprint density at radius 1 is 1.32 bits per heavy atom. The van der Waals surface area contributed by atoms with Gasteiger partial charge in [0.15, 0.2) is 0 Å². The second-order valence-electron chi connectivity index (χ2n) is 5.70. The number of aryl methyl sites for hydroxylation is 1. The lowest BCUT2D eigenvalue weighted by atomic mass is 10.0. The number of piperidine rings is 1. The van der Waals surface area contributed by atoms with Gasteiger partial charge in [0.1, 0.15) is 5.82 Å². The van der Waals surface area contributed by atoms with Crippen LogP contribution in [0.1, 0.15) is 24.8 Å². The minimum Gasteiger partial charge on any atom is -0.369 e. The number of anilines is 1. The standard InChI is InChI=1S/C15H22F2N2O2S/c1-12-3-4-14(17)15(11-12)19-8-5-13(6-9-19)18-22(20,21)10-2-7-16/h3-4,11,13,18H,2,5-10H2,1H3. The first-order chi connectivity index (χ1) is 10.4. The Bertz CT molecular complexity index is 600. The minimum atomic E-state index is -3.42. The largest absolute Gasteiger partial charge is 0.369 e. The third kappa shape index (κ3) is 4.64. The summed E-state index contributed by atoms with van der Waals surface area (Å²) in [5, 5.41) is 0. The smallest absolute Gasteiger partial charge is 0.211 e. The molecule has 0 amide bonds. The number of sulfonamides is 1. The number of nitrogens with one attached hydrogen (secondary N) is 1. The van der Waals surface area contributed by atoms with Crippen molar-refractivity contribution in [2.75, 3.05) is 30.4 Å². The first-order valence-corrected chi connectivity index (χ1v) is 9.13. The summed E-state index contributed by atoms with van der Waals surface area (Å²) in [6.07, 6.45) is 1.24. The highest BCUT2D eigenvalue weighted by Gasteiger charge is 2.24. The molecule has 1 fully saturated rings. The fraction of sp³-hybridized carbons (Fsp3) is 0.600. The Kier molecular flexibility index (Phi) is 5.74. The Morgan fingerprint density at radius 2 is 2.00 bits per heavy atom. The number of halogens is 2. The molecule has 124 valence electrons. The van der Waals surface area contributed by atoms with Gasteiger partial charge in [-0.2, -0.15) is 0 Å². The van der Waals surface area contributed by atoms with Gasteiger partial charge in [0.25, 0.3) is 0 Å². The number of alkyl halides is 1. The molecule has 1 aliphatic rings. The molecule has 0 aromatic heterocycles. The zero-order valence-corrected chi connectivity index (χ0v) is 13.5. The molecule has 7 heteroatoms. The number of hydrogen-bond donors (Lipinski definition) is 1. The SMILES string of the molecule is Cc1ccc(F)c(N2CCC(NS(=O)(=O)CCCF)CC2)c1. The van der Waals surface area contributed by atoms with E-state index < -0.39 is 16.7 Å². The van der Waals surface area contributed by atoms with Gasteiger partial charge in [-0.25, -0.2) is 17.5 Å². The van der Waals surface area contributed by atoms with Crippen LogP contribution in [0.3, 0.4) is 0 Å². The lowest BCUT2D eigenvalue weighted by Crippen LogP contribution is -2.45. The van der Waals surface area contributed by atoms with Crippen molar-refractivity contribution in [2.24, 2.45) is 0 Å². The van der Waals surface area contributed by atoms with Gasteiger partial charge in [-0.1, -0.05) is 6.07 Å². The average molecular weight is 332 g/mol. The van der Waals surface area contributed by atoms with E-state index in [2.05, 4.69) is 4.72 Å². The predicted octanol–water partition coefficient (Wildman–Crippen LogP) is 2.38. The lowest BCUT2D eigenvalue weighted by Gasteiger charge is -2.34. The molecular weight excluding hydrogens is 310 g/mol. The van der Waals surface area contributed by atoms with Crippen LogP contribution >= 0.6 is 0 Å². The van der Waals surface area contributed by atoms with Crippen LogP contribution in [0.4, 0.5) is 14.5 Å². The van der Waals surface area contributed by atoms with E-state index in [9.17, 15) is 17.2 Å². The molecule has 0 aliphatic carbocycles. The van der Waals surface area contributed by atoms with E-state index in [0.29, 0.717) is 31.6 Å². The van der Waals surface area contributed by atoms with Gasteiger partial charge >= 0.3 is 0 Å². The normalized spacial score (nSPS) is 17.0. The van der Waals surface area contributed by atoms with Gasteiger partial charge in [-0.15, -0.1) is 0 Å². The summed E-state index contributed by atoms with van der Waals surface area (Å²) in [7, 11) is -3.42. The molecule has 4 nitrogen and oxygen atoms in total. The zero-order valence-electron chi connectivity index (χ0n) is 12.7.